The van der Waals surface area contributed by atoms with Crippen LogP contribution in [0.4, 0.5) is 0 Å². The molecule has 1 N–H and O–H groups in total. The summed E-state index contributed by atoms with van der Waals surface area (Å²) in [4.78, 5) is 30.4. The van der Waals surface area contributed by atoms with Crippen molar-refractivity contribution in [3.63, 3.8) is 0 Å². The molecule has 2 aromatic carbocycles. The number of hydrogen-bond donors (Lipinski definition) is 1. The van der Waals surface area contributed by atoms with Gasteiger partial charge in [-0.1, -0.05) is 72.5 Å². The highest BCUT2D eigenvalue weighted by atomic mass is 16.5. The molecule has 1 atom stereocenters. The van der Waals surface area contributed by atoms with E-state index in [0.717, 1.165) is 47.9 Å². The first-order chi connectivity index (χ1) is 18.4. The first-order valence-electron chi connectivity index (χ1n) is 13.5. The summed E-state index contributed by atoms with van der Waals surface area (Å²) in [6, 6.07) is 15.0. The number of carbonyl (C=O) groups excluding carboxylic acids is 2. The summed E-state index contributed by atoms with van der Waals surface area (Å²) in [5.41, 5.74) is 3.84. The lowest BCUT2D eigenvalue weighted by Crippen LogP contribution is -2.47. The maximum Gasteiger partial charge on any atom is 0.247 e. The predicted molar refractivity (Wildman–Crippen MR) is 145 cm³/mol. The van der Waals surface area contributed by atoms with Gasteiger partial charge in [0.05, 0.1) is 0 Å². The zero-order valence-electron chi connectivity index (χ0n) is 22.6. The minimum absolute atomic E-state index is 0.118. The van der Waals surface area contributed by atoms with Gasteiger partial charge in [-0.25, -0.2) is 0 Å². The van der Waals surface area contributed by atoms with E-state index in [1.54, 1.807) is 4.90 Å². The molecule has 0 bridgehead atoms. The summed E-state index contributed by atoms with van der Waals surface area (Å²) in [5.74, 6) is 0.0497. The van der Waals surface area contributed by atoms with Crippen molar-refractivity contribution in [2.24, 2.45) is 0 Å². The first-order valence-corrected chi connectivity index (χ1v) is 13.5. The van der Waals surface area contributed by atoms with E-state index in [0.29, 0.717) is 32.0 Å². The number of aromatic nitrogens is 4. The van der Waals surface area contributed by atoms with Crippen molar-refractivity contribution in [3.05, 3.63) is 65.2 Å². The second kappa shape index (κ2) is 13.3. The number of tetrazole rings is 1. The van der Waals surface area contributed by atoms with Gasteiger partial charge < -0.3 is 15.0 Å². The second-order valence-electron chi connectivity index (χ2n) is 9.95. The van der Waals surface area contributed by atoms with Gasteiger partial charge >= 0.3 is 0 Å². The van der Waals surface area contributed by atoms with Crippen molar-refractivity contribution in [2.45, 2.75) is 71.5 Å². The summed E-state index contributed by atoms with van der Waals surface area (Å²) in [5, 5.41) is 15.9. The van der Waals surface area contributed by atoms with Crippen molar-refractivity contribution in [3.8, 4) is 11.4 Å². The zero-order valence-corrected chi connectivity index (χ0v) is 22.6. The lowest BCUT2D eigenvalue weighted by Gasteiger charge is -2.32. The normalized spacial score (nSPS) is 14.4. The number of hydrogen-bond acceptors (Lipinski definition) is 6. The average molecular weight is 519 g/mol. The molecule has 1 aliphatic carbocycles. The second-order valence-corrected chi connectivity index (χ2v) is 9.95. The van der Waals surface area contributed by atoms with Crippen LogP contribution in [-0.4, -0.2) is 62.7 Å². The molecule has 38 heavy (non-hydrogen) atoms. The molecule has 9 heteroatoms. The Morgan fingerprint density at radius 3 is 2.37 bits per heavy atom. The molecule has 3 aromatic rings. The highest BCUT2D eigenvalue weighted by molar-refractivity contribution is 5.89. The fourth-order valence-corrected chi connectivity index (χ4v) is 4.79. The molecule has 4 rings (SSSR count). The van der Waals surface area contributed by atoms with E-state index in [1.807, 2.05) is 69.3 Å². The Morgan fingerprint density at radius 1 is 1.05 bits per heavy atom. The summed E-state index contributed by atoms with van der Waals surface area (Å²) in [6.07, 6.45) is 4.76. The standard InChI is InChI=1S/C29H38N6O3/c1-4-38-19-7-18-34(26(36)20-35-32-28(31-33-35)24-16-12-22(3)13-17-24)27(23-14-10-21(2)11-15-23)29(37)30-25-8-5-6-9-25/h10-17,25,27H,4-9,18-20H2,1-3H3,(H,30,37). The lowest BCUT2D eigenvalue weighted by atomic mass is 10.0. The quantitative estimate of drug-likeness (QED) is 0.364. The number of nitrogens with one attached hydrogen (secondary N) is 1. The van der Waals surface area contributed by atoms with Gasteiger partial charge in [0.25, 0.3) is 0 Å². The van der Waals surface area contributed by atoms with Gasteiger partial charge in [-0.15, -0.1) is 10.2 Å². The van der Waals surface area contributed by atoms with Crippen LogP contribution in [0.25, 0.3) is 11.4 Å². The largest absolute Gasteiger partial charge is 0.382 e. The fourth-order valence-electron chi connectivity index (χ4n) is 4.79. The average Bonchev–Trinajstić information content (AvgIpc) is 3.59. The smallest absolute Gasteiger partial charge is 0.247 e. The van der Waals surface area contributed by atoms with Gasteiger partial charge in [0.15, 0.2) is 0 Å². The molecule has 0 spiro atoms. The molecule has 1 aromatic heterocycles. The molecular weight excluding hydrogens is 480 g/mol. The van der Waals surface area contributed by atoms with Crippen LogP contribution in [0.15, 0.2) is 48.5 Å². The van der Waals surface area contributed by atoms with Crippen molar-refractivity contribution >= 4 is 11.8 Å². The first kappa shape index (κ1) is 27.4. The van der Waals surface area contributed by atoms with Crippen LogP contribution >= 0.6 is 0 Å². The third kappa shape index (κ3) is 7.25. The fraction of sp³-hybridized carbons (Fsp3) is 0.483. The number of ether oxygens (including phenoxy) is 1. The topological polar surface area (TPSA) is 102 Å². The van der Waals surface area contributed by atoms with E-state index < -0.39 is 6.04 Å². The zero-order chi connectivity index (χ0) is 26.9. The predicted octanol–water partition coefficient (Wildman–Crippen LogP) is 4.01. The van der Waals surface area contributed by atoms with E-state index in [-0.39, 0.29) is 24.4 Å². The summed E-state index contributed by atoms with van der Waals surface area (Å²) < 4.78 is 5.53. The molecule has 2 amide bonds. The molecule has 1 unspecified atom stereocenters. The molecule has 1 saturated carbocycles. The molecule has 9 nitrogen and oxygen atoms in total. The molecule has 0 radical (unpaired) electrons. The number of rotatable bonds is 12. The molecule has 0 saturated heterocycles. The summed E-state index contributed by atoms with van der Waals surface area (Å²) >= 11 is 0. The SMILES string of the molecule is CCOCCCN(C(=O)Cn1nnc(-c2ccc(C)cc2)n1)C(C(=O)NC1CCCC1)c1ccc(C)cc1. The van der Waals surface area contributed by atoms with Gasteiger partial charge in [-0.3, -0.25) is 9.59 Å². The minimum Gasteiger partial charge on any atom is -0.382 e. The Balaban J connectivity index is 1.58. The number of benzene rings is 2. The Bertz CT molecular complexity index is 1190. The maximum atomic E-state index is 13.8. The number of aryl methyl sites for hydroxylation is 2. The number of amides is 2. The molecule has 202 valence electrons. The monoisotopic (exact) mass is 518 g/mol. The number of nitrogens with zero attached hydrogens (tertiary/aromatic N) is 5. The van der Waals surface area contributed by atoms with Crippen molar-refractivity contribution in [1.29, 1.82) is 0 Å². The molecule has 1 fully saturated rings. The van der Waals surface area contributed by atoms with Crippen LogP contribution in [0.3, 0.4) is 0 Å². The Labute approximate surface area is 224 Å². The van der Waals surface area contributed by atoms with E-state index in [4.69, 9.17) is 4.74 Å². The van der Waals surface area contributed by atoms with E-state index in [2.05, 4.69) is 20.7 Å². The minimum atomic E-state index is -0.759. The van der Waals surface area contributed by atoms with Gasteiger partial charge in [0.1, 0.15) is 12.6 Å². The van der Waals surface area contributed by atoms with Gasteiger partial charge in [-0.2, -0.15) is 4.80 Å². The van der Waals surface area contributed by atoms with Crippen molar-refractivity contribution < 1.29 is 14.3 Å². The lowest BCUT2D eigenvalue weighted by molar-refractivity contribution is -0.142. The van der Waals surface area contributed by atoms with Crippen LogP contribution in [0.2, 0.25) is 0 Å². The summed E-state index contributed by atoms with van der Waals surface area (Å²) in [7, 11) is 0. The van der Waals surface area contributed by atoms with Crippen molar-refractivity contribution in [1.82, 2.24) is 30.4 Å². The van der Waals surface area contributed by atoms with Gasteiger partial charge in [0.2, 0.25) is 17.6 Å². The van der Waals surface area contributed by atoms with Gasteiger partial charge in [0, 0.05) is 31.4 Å². The molecule has 1 aliphatic rings. The van der Waals surface area contributed by atoms with Crippen LogP contribution in [0.1, 0.15) is 61.8 Å². The highest BCUT2D eigenvalue weighted by Gasteiger charge is 2.33. The molecule has 1 heterocycles. The number of carbonyl (C=O) groups is 2. The van der Waals surface area contributed by atoms with Crippen LogP contribution in [0.5, 0.6) is 0 Å². The third-order valence-corrected chi connectivity index (χ3v) is 6.91. The maximum absolute atomic E-state index is 13.8. The van der Waals surface area contributed by atoms with E-state index in [9.17, 15) is 9.59 Å². The van der Waals surface area contributed by atoms with Crippen LogP contribution in [-0.2, 0) is 20.9 Å². The molecule has 0 aliphatic heterocycles. The summed E-state index contributed by atoms with van der Waals surface area (Å²) in [6.45, 7) is 7.31. The van der Waals surface area contributed by atoms with E-state index in [1.165, 1.54) is 4.80 Å². The Kier molecular flexibility index (Phi) is 9.59. The van der Waals surface area contributed by atoms with E-state index >= 15 is 0 Å². The molecular formula is C29H38N6O3. The van der Waals surface area contributed by atoms with Crippen LogP contribution < -0.4 is 5.32 Å². The van der Waals surface area contributed by atoms with Crippen LogP contribution in [0, 0.1) is 13.8 Å². The third-order valence-electron chi connectivity index (χ3n) is 6.91. The highest BCUT2D eigenvalue weighted by Crippen LogP contribution is 2.25. The Hall–Kier alpha value is -3.59. The Morgan fingerprint density at radius 2 is 1.71 bits per heavy atom. The van der Waals surface area contributed by atoms with Crippen molar-refractivity contribution in [2.75, 3.05) is 19.8 Å². The van der Waals surface area contributed by atoms with Gasteiger partial charge in [-0.05, 0) is 50.8 Å².